The second-order valence-corrected chi connectivity index (χ2v) is 23.4. The number of sulfone groups is 2. The van der Waals surface area contributed by atoms with E-state index in [0.717, 1.165) is 59.6 Å². The van der Waals surface area contributed by atoms with Crippen LogP contribution in [0.5, 0.6) is 0 Å². The summed E-state index contributed by atoms with van der Waals surface area (Å²) in [4.78, 5) is 29.0. The summed E-state index contributed by atoms with van der Waals surface area (Å²) < 4.78 is 79.3. The second kappa shape index (κ2) is 27.8. The maximum atomic E-state index is 13.0. The van der Waals surface area contributed by atoms with Crippen LogP contribution in [0.1, 0.15) is 58.1 Å². The SMILES string of the molecule is CN1Cc2c(Cl)cc(Cl)cc2C(c2ccc(S(=O)(=O)CCCOCCOCCNC(=O)COCC(=O)NCCOCCOCCCS(=O)(=O)c3ccc(C4CN(C)Cc5c(Cl)cc(Cl)cc54)cc3)cc2)C1. The van der Waals surface area contributed by atoms with Gasteiger partial charge in [-0.15, -0.1) is 0 Å². The molecule has 6 rings (SSSR count). The van der Waals surface area contributed by atoms with Crippen molar-refractivity contribution in [2.45, 2.75) is 47.6 Å². The quantitative estimate of drug-likeness (QED) is 0.0569. The van der Waals surface area contributed by atoms with Gasteiger partial charge in [0.25, 0.3) is 0 Å². The Balaban J connectivity index is 0.718. The van der Waals surface area contributed by atoms with Crippen LogP contribution >= 0.6 is 46.4 Å². The molecule has 21 heteroatoms. The average molecular weight is 1100 g/mol. The number of fused-ring (bicyclic) bond motifs is 2. The Bertz CT molecular complexity index is 2450. The first-order valence-electron chi connectivity index (χ1n) is 23.4. The predicted molar refractivity (Wildman–Crippen MR) is 276 cm³/mol. The molecule has 0 spiro atoms. The minimum atomic E-state index is -3.51. The van der Waals surface area contributed by atoms with E-state index in [4.69, 9.17) is 70.1 Å². The first kappa shape index (κ1) is 56.9. The number of benzene rings is 4. The van der Waals surface area contributed by atoms with Crippen LogP contribution in [0.25, 0.3) is 0 Å². The number of carbonyl (C=O) groups excluding carboxylic acids is 2. The van der Waals surface area contributed by atoms with Gasteiger partial charge >= 0.3 is 0 Å². The van der Waals surface area contributed by atoms with Gasteiger partial charge in [0.05, 0.1) is 60.9 Å². The van der Waals surface area contributed by atoms with Crippen LogP contribution in [0.15, 0.2) is 82.6 Å². The molecule has 2 heterocycles. The smallest absolute Gasteiger partial charge is 0.246 e. The van der Waals surface area contributed by atoms with Crippen LogP contribution < -0.4 is 10.6 Å². The van der Waals surface area contributed by atoms with E-state index in [1.807, 2.05) is 50.5 Å². The van der Waals surface area contributed by atoms with Gasteiger partial charge in [-0.3, -0.25) is 9.59 Å². The molecule has 71 heavy (non-hydrogen) atoms. The molecule has 0 aliphatic carbocycles. The number of hydrogen-bond donors (Lipinski definition) is 2. The molecule has 4 aromatic rings. The highest BCUT2D eigenvalue weighted by Crippen LogP contribution is 2.40. The highest BCUT2D eigenvalue weighted by molar-refractivity contribution is 7.91. The van der Waals surface area contributed by atoms with Gasteiger partial charge in [0, 0.05) is 84.4 Å². The normalized spacial score (nSPS) is 16.4. The molecule has 2 N–H and O–H groups in total. The number of ether oxygens (including phenoxy) is 5. The number of amides is 2. The van der Waals surface area contributed by atoms with Crippen molar-refractivity contribution in [1.82, 2.24) is 20.4 Å². The number of carbonyl (C=O) groups is 2. The molecule has 0 aromatic heterocycles. The summed E-state index contributed by atoms with van der Waals surface area (Å²) in [7, 11) is -2.96. The number of likely N-dealkylation sites (N-methyl/N-ethyl adjacent to an activating group) is 2. The highest BCUT2D eigenvalue weighted by atomic mass is 35.5. The van der Waals surface area contributed by atoms with E-state index in [-0.39, 0.29) is 112 Å². The fraction of sp³-hybridized carbons (Fsp3) is 0.480. The van der Waals surface area contributed by atoms with E-state index in [2.05, 4.69) is 20.4 Å². The lowest BCUT2D eigenvalue weighted by Gasteiger charge is -2.33. The van der Waals surface area contributed by atoms with Gasteiger partial charge in [-0.2, -0.15) is 0 Å². The Morgan fingerprint density at radius 2 is 0.901 bits per heavy atom. The zero-order valence-electron chi connectivity index (χ0n) is 39.9. The predicted octanol–water partition coefficient (Wildman–Crippen LogP) is 6.80. The summed E-state index contributed by atoms with van der Waals surface area (Å²) in [5.74, 6) is -0.897. The van der Waals surface area contributed by atoms with Crippen molar-refractivity contribution in [3.63, 3.8) is 0 Å². The summed E-state index contributed by atoms with van der Waals surface area (Å²) in [6.45, 7) is 4.82. The van der Waals surface area contributed by atoms with Crippen LogP contribution in [-0.2, 0) is 66.0 Å². The Kier molecular flexibility index (Phi) is 22.2. The lowest BCUT2D eigenvalue weighted by Crippen LogP contribution is -2.34. The first-order chi connectivity index (χ1) is 34.0. The lowest BCUT2D eigenvalue weighted by atomic mass is 9.85. The maximum absolute atomic E-state index is 13.0. The molecule has 2 unspecified atom stereocenters. The van der Waals surface area contributed by atoms with Gasteiger partial charge in [-0.25, -0.2) is 16.8 Å². The number of halogens is 4. The topological polar surface area (TPSA) is 179 Å². The molecule has 4 aromatic carbocycles. The minimum Gasteiger partial charge on any atom is -0.379 e. The van der Waals surface area contributed by atoms with Crippen molar-refractivity contribution in [2.75, 3.05) is 118 Å². The molecule has 15 nitrogen and oxygen atoms in total. The summed E-state index contributed by atoms with van der Waals surface area (Å²) >= 11 is 25.6. The lowest BCUT2D eigenvalue weighted by molar-refractivity contribution is -0.131. The van der Waals surface area contributed by atoms with Crippen molar-refractivity contribution >= 4 is 77.9 Å². The number of nitrogens with zero attached hydrogens (tertiary/aromatic N) is 2. The van der Waals surface area contributed by atoms with E-state index < -0.39 is 31.5 Å². The number of hydrogen-bond acceptors (Lipinski definition) is 13. The molecule has 0 radical (unpaired) electrons. The van der Waals surface area contributed by atoms with Crippen molar-refractivity contribution < 1.29 is 50.1 Å². The Morgan fingerprint density at radius 3 is 1.28 bits per heavy atom. The molecule has 388 valence electrons. The number of rotatable bonds is 28. The molecule has 0 fully saturated rings. The third-order valence-electron chi connectivity index (χ3n) is 12.0. The number of nitrogens with one attached hydrogen (secondary N) is 2. The third kappa shape index (κ3) is 17.3. The monoisotopic (exact) mass is 1100 g/mol. The largest absolute Gasteiger partial charge is 0.379 e. The molecule has 2 aliphatic rings. The van der Waals surface area contributed by atoms with Crippen molar-refractivity contribution in [2.24, 2.45) is 0 Å². The van der Waals surface area contributed by atoms with Crippen LogP contribution in [0.3, 0.4) is 0 Å². The van der Waals surface area contributed by atoms with Gasteiger partial charge < -0.3 is 44.1 Å². The van der Waals surface area contributed by atoms with E-state index in [1.54, 1.807) is 36.4 Å². The summed E-state index contributed by atoms with van der Waals surface area (Å²) in [6.07, 6.45) is 0.642. The van der Waals surface area contributed by atoms with E-state index in [0.29, 0.717) is 32.9 Å². The molecule has 2 atom stereocenters. The van der Waals surface area contributed by atoms with Gasteiger partial charge in [-0.05, 0) is 109 Å². The molecule has 0 bridgehead atoms. The molecular formula is C50H62Cl4N4O11S2. The summed E-state index contributed by atoms with van der Waals surface area (Å²) in [5, 5.41) is 7.68. The Labute approximate surface area is 437 Å². The molecular weight excluding hydrogens is 1040 g/mol. The van der Waals surface area contributed by atoms with Crippen molar-refractivity contribution in [1.29, 1.82) is 0 Å². The second-order valence-electron chi connectivity index (χ2n) is 17.5. The van der Waals surface area contributed by atoms with Crippen LogP contribution in [0.4, 0.5) is 0 Å². The fourth-order valence-electron chi connectivity index (χ4n) is 8.52. The zero-order chi connectivity index (χ0) is 51.0. The fourth-order valence-corrected chi connectivity index (χ4v) is 12.2. The highest BCUT2D eigenvalue weighted by Gasteiger charge is 2.29. The van der Waals surface area contributed by atoms with Crippen molar-refractivity contribution in [3.05, 3.63) is 126 Å². The Morgan fingerprint density at radius 1 is 0.535 bits per heavy atom. The van der Waals surface area contributed by atoms with Crippen LogP contribution in [0, 0.1) is 0 Å². The van der Waals surface area contributed by atoms with Crippen molar-refractivity contribution in [3.8, 4) is 0 Å². The van der Waals surface area contributed by atoms with Crippen LogP contribution in [0.2, 0.25) is 20.1 Å². The first-order valence-corrected chi connectivity index (χ1v) is 28.2. The molecule has 0 saturated carbocycles. The van der Waals surface area contributed by atoms with Gasteiger partial charge in [0.15, 0.2) is 19.7 Å². The summed E-state index contributed by atoms with van der Waals surface area (Å²) in [5.41, 5.74) is 6.16. The zero-order valence-corrected chi connectivity index (χ0v) is 44.6. The average Bonchev–Trinajstić information content (AvgIpc) is 3.33. The molecule has 0 saturated heterocycles. The summed E-state index contributed by atoms with van der Waals surface area (Å²) in [6, 6.07) is 21.4. The van der Waals surface area contributed by atoms with E-state index >= 15 is 0 Å². The standard InChI is InChI=1S/C50H62Cl4N4O11S2/c1-57-29-43(41-25-37(51)27-47(53)45(41)31-57)35-5-9-39(10-6-35)70(61,62)23-3-15-65-19-21-67-17-13-55-49(59)33-69-34-50(60)56-14-18-68-22-20-66-16-4-24-71(63,64)40-11-7-36(8-12-40)44-30-58(2)32-46-42(44)26-38(52)28-48(46)54/h5-12,25-28,43-44H,3-4,13-24,29-34H2,1-2H3,(H,55,59)(H,56,60). The minimum absolute atomic E-state index is 0.0142. The molecule has 2 amide bonds. The van der Waals surface area contributed by atoms with Gasteiger partial charge in [-0.1, -0.05) is 70.7 Å². The van der Waals surface area contributed by atoms with E-state index in [1.165, 1.54) is 0 Å². The van der Waals surface area contributed by atoms with Crippen LogP contribution in [-0.4, -0.2) is 156 Å². The maximum Gasteiger partial charge on any atom is 0.246 e. The molecule has 2 aliphatic heterocycles. The third-order valence-corrected chi connectivity index (χ3v) is 16.8. The Hall–Kier alpha value is -3.40. The van der Waals surface area contributed by atoms with E-state index in [9.17, 15) is 26.4 Å². The van der Waals surface area contributed by atoms with Gasteiger partial charge in [0.2, 0.25) is 11.8 Å². The van der Waals surface area contributed by atoms with Gasteiger partial charge in [0.1, 0.15) is 13.2 Å².